The van der Waals surface area contributed by atoms with E-state index in [9.17, 15) is 9.59 Å². The number of aromatic amines is 1. The van der Waals surface area contributed by atoms with Crippen molar-refractivity contribution in [2.75, 3.05) is 13.1 Å². The third-order valence-electron chi connectivity index (χ3n) is 4.75. The maximum Gasteiger partial charge on any atom is 0.332 e. The Hall–Kier alpha value is -2.68. The zero-order valence-corrected chi connectivity index (χ0v) is 13.7. The Bertz CT molecular complexity index is 1020. The molecular formula is C15H19N7O2. The molecule has 126 valence electrons. The molecule has 0 bridgehead atoms. The summed E-state index contributed by atoms with van der Waals surface area (Å²) >= 11 is 0. The van der Waals surface area contributed by atoms with Crippen molar-refractivity contribution in [1.82, 2.24) is 33.8 Å². The summed E-state index contributed by atoms with van der Waals surface area (Å²) in [5.74, 6) is 0. The largest absolute Gasteiger partial charge is 0.332 e. The number of aryl methyl sites for hydroxylation is 1. The Morgan fingerprint density at radius 1 is 1.21 bits per heavy atom. The molecule has 3 aromatic rings. The monoisotopic (exact) mass is 329 g/mol. The number of hydrogen-bond acceptors (Lipinski definition) is 5. The fraction of sp³-hybridized carbons (Fsp3) is 0.467. The minimum atomic E-state index is -0.360. The van der Waals surface area contributed by atoms with Crippen LogP contribution < -0.4 is 11.2 Å². The van der Waals surface area contributed by atoms with E-state index in [4.69, 9.17) is 0 Å². The van der Waals surface area contributed by atoms with Crippen molar-refractivity contribution in [3.05, 3.63) is 44.6 Å². The quantitative estimate of drug-likeness (QED) is 0.680. The lowest BCUT2D eigenvalue weighted by atomic mass is 10.1. The molecule has 0 unspecified atom stereocenters. The van der Waals surface area contributed by atoms with Crippen molar-refractivity contribution >= 4 is 11.2 Å². The molecule has 1 aliphatic rings. The maximum absolute atomic E-state index is 12.4. The maximum atomic E-state index is 12.4. The summed E-state index contributed by atoms with van der Waals surface area (Å²) in [5.41, 5.74) is 2.68. The average molecular weight is 329 g/mol. The van der Waals surface area contributed by atoms with Crippen molar-refractivity contribution in [2.24, 2.45) is 14.1 Å². The van der Waals surface area contributed by atoms with Gasteiger partial charge in [0.1, 0.15) is 0 Å². The normalized spacial score (nSPS) is 15.1. The van der Waals surface area contributed by atoms with Gasteiger partial charge in [0, 0.05) is 58.0 Å². The predicted molar refractivity (Wildman–Crippen MR) is 87.8 cm³/mol. The van der Waals surface area contributed by atoms with E-state index in [1.54, 1.807) is 13.4 Å². The van der Waals surface area contributed by atoms with E-state index in [0.29, 0.717) is 17.7 Å². The molecule has 0 spiro atoms. The van der Waals surface area contributed by atoms with Gasteiger partial charge in [-0.15, -0.1) is 0 Å². The summed E-state index contributed by atoms with van der Waals surface area (Å²) < 4.78 is 4.37. The van der Waals surface area contributed by atoms with Crippen LogP contribution in [-0.2, 0) is 33.6 Å². The fourth-order valence-electron chi connectivity index (χ4n) is 3.29. The summed E-state index contributed by atoms with van der Waals surface area (Å²) in [6.07, 6.45) is 4.47. The zero-order chi connectivity index (χ0) is 16.8. The highest BCUT2D eigenvalue weighted by molar-refractivity contribution is 5.69. The molecule has 4 rings (SSSR count). The Morgan fingerprint density at radius 3 is 2.88 bits per heavy atom. The first kappa shape index (κ1) is 14.9. The minimum absolute atomic E-state index is 0.304. The first-order valence-electron chi connectivity index (χ1n) is 7.90. The molecule has 9 heteroatoms. The third-order valence-corrected chi connectivity index (χ3v) is 4.75. The second-order valence-corrected chi connectivity index (χ2v) is 6.22. The van der Waals surface area contributed by atoms with Crippen LogP contribution in [0.2, 0.25) is 0 Å². The zero-order valence-electron chi connectivity index (χ0n) is 13.7. The van der Waals surface area contributed by atoms with E-state index in [2.05, 4.69) is 20.1 Å². The van der Waals surface area contributed by atoms with Gasteiger partial charge >= 0.3 is 5.69 Å². The molecule has 0 atom stereocenters. The summed E-state index contributed by atoms with van der Waals surface area (Å²) in [6, 6.07) is 0. The molecule has 1 N–H and O–H groups in total. The van der Waals surface area contributed by atoms with Crippen LogP contribution in [0, 0.1) is 0 Å². The van der Waals surface area contributed by atoms with Gasteiger partial charge in [-0.2, -0.15) is 5.10 Å². The summed E-state index contributed by atoms with van der Waals surface area (Å²) in [7, 11) is 3.12. The summed E-state index contributed by atoms with van der Waals surface area (Å²) in [6.45, 7) is 3.27. The van der Waals surface area contributed by atoms with E-state index < -0.39 is 0 Å². The first-order chi connectivity index (χ1) is 11.6. The van der Waals surface area contributed by atoms with Crippen LogP contribution in [0.4, 0.5) is 0 Å². The number of rotatable bonds is 3. The molecule has 0 aliphatic carbocycles. The topological polar surface area (TPSA) is 93.7 Å². The van der Waals surface area contributed by atoms with Crippen molar-refractivity contribution < 1.29 is 0 Å². The summed E-state index contributed by atoms with van der Waals surface area (Å²) in [4.78, 5) is 31.0. The van der Waals surface area contributed by atoms with E-state index in [0.717, 1.165) is 30.6 Å². The third kappa shape index (κ3) is 2.20. The standard InChI is InChI=1S/C15H19N7O2/c1-19-13-12(14(23)20(2)15(19)24)22(9-16-13)6-5-21-4-3-11-10(8-21)7-17-18-11/h7,9H,3-6,8H2,1-2H3,(H,17,18). The molecule has 4 heterocycles. The Kier molecular flexibility index (Phi) is 3.38. The van der Waals surface area contributed by atoms with Crippen LogP contribution in [0.15, 0.2) is 22.1 Å². The lowest BCUT2D eigenvalue weighted by Crippen LogP contribution is -2.38. The highest BCUT2D eigenvalue weighted by atomic mass is 16.2. The first-order valence-corrected chi connectivity index (χ1v) is 7.90. The molecule has 0 aromatic carbocycles. The molecular weight excluding hydrogens is 310 g/mol. The molecule has 24 heavy (non-hydrogen) atoms. The fourth-order valence-corrected chi connectivity index (χ4v) is 3.29. The average Bonchev–Trinajstić information content (AvgIpc) is 3.22. The molecule has 0 saturated heterocycles. The van der Waals surface area contributed by atoms with E-state index in [1.165, 1.54) is 22.9 Å². The van der Waals surface area contributed by atoms with Gasteiger partial charge in [0.05, 0.1) is 12.5 Å². The molecule has 0 amide bonds. The van der Waals surface area contributed by atoms with Gasteiger partial charge in [0.25, 0.3) is 5.56 Å². The number of nitrogens with zero attached hydrogens (tertiary/aromatic N) is 6. The van der Waals surface area contributed by atoms with Gasteiger partial charge in [-0.3, -0.25) is 23.9 Å². The lowest BCUT2D eigenvalue weighted by molar-refractivity contribution is 0.244. The van der Waals surface area contributed by atoms with Gasteiger partial charge < -0.3 is 4.57 Å². The van der Waals surface area contributed by atoms with Gasteiger partial charge in [0.2, 0.25) is 0 Å². The number of aromatic nitrogens is 6. The highest BCUT2D eigenvalue weighted by Crippen LogP contribution is 2.16. The van der Waals surface area contributed by atoms with Gasteiger partial charge in [-0.25, -0.2) is 9.78 Å². The highest BCUT2D eigenvalue weighted by Gasteiger charge is 2.19. The molecule has 0 saturated carbocycles. The van der Waals surface area contributed by atoms with Crippen LogP contribution in [0.5, 0.6) is 0 Å². The van der Waals surface area contributed by atoms with E-state index >= 15 is 0 Å². The SMILES string of the molecule is Cn1c(=O)c2c(ncn2CCN2CCc3[nH]ncc3C2)n(C)c1=O. The second kappa shape index (κ2) is 5.45. The molecule has 0 radical (unpaired) electrons. The Morgan fingerprint density at radius 2 is 2.04 bits per heavy atom. The van der Waals surface area contributed by atoms with Gasteiger partial charge in [-0.05, 0) is 0 Å². The Labute approximate surface area is 137 Å². The number of H-pyrrole nitrogens is 1. The van der Waals surface area contributed by atoms with Crippen molar-refractivity contribution in [1.29, 1.82) is 0 Å². The van der Waals surface area contributed by atoms with Crippen LogP contribution in [0.1, 0.15) is 11.3 Å². The second-order valence-electron chi connectivity index (χ2n) is 6.22. The van der Waals surface area contributed by atoms with Crippen LogP contribution in [0.25, 0.3) is 11.2 Å². The number of nitrogens with one attached hydrogen (secondary N) is 1. The van der Waals surface area contributed by atoms with E-state index in [1.807, 2.05) is 10.8 Å². The van der Waals surface area contributed by atoms with Crippen LogP contribution in [0.3, 0.4) is 0 Å². The lowest BCUT2D eigenvalue weighted by Gasteiger charge is -2.26. The molecule has 1 aliphatic heterocycles. The summed E-state index contributed by atoms with van der Waals surface area (Å²) in [5, 5.41) is 7.11. The Balaban J connectivity index is 1.60. The van der Waals surface area contributed by atoms with Gasteiger partial charge in [-0.1, -0.05) is 0 Å². The molecule has 0 fully saturated rings. The predicted octanol–water partition coefficient (Wildman–Crippen LogP) is -0.785. The number of fused-ring (bicyclic) bond motifs is 2. The number of imidazole rings is 1. The van der Waals surface area contributed by atoms with Crippen molar-refractivity contribution in [2.45, 2.75) is 19.5 Å². The van der Waals surface area contributed by atoms with Crippen molar-refractivity contribution in [3.63, 3.8) is 0 Å². The van der Waals surface area contributed by atoms with E-state index in [-0.39, 0.29) is 11.2 Å². The molecule has 3 aromatic heterocycles. The minimum Gasteiger partial charge on any atom is -0.323 e. The van der Waals surface area contributed by atoms with Crippen LogP contribution in [-0.4, -0.2) is 46.9 Å². The van der Waals surface area contributed by atoms with Crippen molar-refractivity contribution in [3.8, 4) is 0 Å². The number of hydrogen-bond donors (Lipinski definition) is 1. The molecule has 9 nitrogen and oxygen atoms in total. The van der Waals surface area contributed by atoms with Gasteiger partial charge in [0.15, 0.2) is 11.2 Å². The smallest absolute Gasteiger partial charge is 0.323 e. The van der Waals surface area contributed by atoms with Crippen LogP contribution >= 0.6 is 0 Å².